The molecule has 1 aromatic heterocycles. The number of aliphatic hydroxyl groups excluding tert-OH is 1. The van der Waals surface area contributed by atoms with E-state index >= 15 is 0 Å². The van der Waals surface area contributed by atoms with Crippen LogP contribution in [0, 0.1) is 0 Å². The number of carbonyl (C=O) groups excluding carboxylic acids is 1. The van der Waals surface area contributed by atoms with Gasteiger partial charge < -0.3 is 15.2 Å². The molecule has 1 aliphatic heterocycles. The number of hydrogen-bond donors (Lipinski definition) is 2. The Morgan fingerprint density at radius 3 is 3.24 bits per heavy atom. The molecule has 0 unspecified atom stereocenters. The summed E-state index contributed by atoms with van der Waals surface area (Å²) in [5.74, 6) is -0.110. The molecule has 0 bridgehead atoms. The molecule has 0 aromatic carbocycles. The molecule has 94 valence electrons. The van der Waals surface area contributed by atoms with Gasteiger partial charge in [0.25, 0.3) is 5.91 Å². The van der Waals surface area contributed by atoms with E-state index in [1.165, 1.54) is 0 Å². The third-order valence-corrected chi connectivity index (χ3v) is 2.95. The number of amides is 1. The van der Waals surface area contributed by atoms with Crippen molar-refractivity contribution in [2.24, 2.45) is 0 Å². The van der Waals surface area contributed by atoms with Crippen molar-refractivity contribution in [3.8, 4) is 0 Å². The molecule has 0 saturated carbocycles. The molecule has 7 heteroatoms. The molecule has 0 radical (unpaired) electrons. The summed E-state index contributed by atoms with van der Waals surface area (Å²) in [5.41, 5.74) is 0.574. The van der Waals surface area contributed by atoms with Crippen LogP contribution in [0.5, 0.6) is 0 Å². The van der Waals surface area contributed by atoms with E-state index in [2.05, 4.69) is 26.3 Å². The Kier molecular flexibility index (Phi) is 4.14. The van der Waals surface area contributed by atoms with E-state index in [1.54, 1.807) is 10.7 Å². The van der Waals surface area contributed by atoms with Gasteiger partial charge in [-0.05, 0) is 22.4 Å². The quantitative estimate of drug-likeness (QED) is 0.760. The van der Waals surface area contributed by atoms with Gasteiger partial charge in [-0.1, -0.05) is 0 Å². The second-order valence-electron chi connectivity index (χ2n) is 3.83. The largest absolute Gasteiger partial charge is 0.394 e. The Bertz CT molecular complexity index is 408. The van der Waals surface area contributed by atoms with Crippen molar-refractivity contribution in [2.45, 2.75) is 19.0 Å². The zero-order chi connectivity index (χ0) is 12.3. The van der Waals surface area contributed by atoms with Crippen molar-refractivity contribution in [2.75, 3.05) is 19.8 Å². The second-order valence-corrected chi connectivity index (χ2v) is 4.64. The fraction of sp³-hybridized carbons (Fsp3) is 0.600. The SMILES string of the molecule is O=C1N[C@H](CCOCCO)Cn2nc(Br)cc21. The molecule has 17 heavy (non-hydrogen) atoms. The Labute approximate surface area is 107 Å². The van der Waals surface area contributed by atoms with Crippen molar-refractivity contribution < 1.29 is 14.6 Å². The van der Waals surface area contributed by atoms with Gasteiger partial charge in [-0.3, -0.25) is 9.48 Å². The Morgan fingerprint density at radius 1 is 1.65 bits per heavy atom. The first-order valence-corrected chi connectivity index (χ1v) is 6.23. The van der Waals surface area contributed by atoms with Gasteiger partial charge in [-0.2, -0.15) is 5.10 Å². The number of ether oxygens (including phenoxy) is 1. The number of nitrogens with zero attached hydrogens (tertiary/aromatic N) is 2. The molecular weight excluding hydrogens is 290 g/mol. The lowest BCUT2D eigenvalue weighted by Gasteiger charge is -2.24. The zero-order valence-electron chi connectivity index (χ0n) is 9.23. The van der Waals surface area contributed by atoms with Gasteiger partial charge in [0.05, 0.1) is 25.8 Å². The van der Waals surface area contributed by atoms with Crippen LogP contribution in [-0.4, -0.2) is 46.7 Å². The summed E-state index contributed by atoms with van der Waals surface area (Å²) in [6.07, 6.45) is 0.711. The average molecular weight is 304 g/mol. The Balaban J connectivity index is 1.90. The third-order valence-electron chi connectivity index (χ3n) is 2.56. The maximum absolute atomic E-state index is 11.7. The molecule has 6 nitrogen and oxygen atoms in total. The summed E-state index contributed by atoms with van der Waals surface area (Å²) in [5, 5.41) is 15.7. The molecule has 1 aliphatic rings. The molecular formula is C10H14BrN3O3. The molecule has 2 heterocycles. The predicted molar refractivity (Wildman–Crippen MR) is 63.7 cm³/mol. The molecule has 0 aliphatic carbocycles. The molecule has 1 aromatic rings. The zero-order valence-corrected chi connectivity index (χ0v) is 10.8. The van der Waals surface area contributed by atoms with Crippen LogP contribution in [0.1, 0.15) is 16.9 Å². The van der Waals surface area contributed by atoms with Gasteiger partial charge in [-0.15, -0.1) is 0 Å². The summed E-state index contributed by atoms with van der Waals surface area (Å²) >= 11 is 3.25. The number of fused-ring (bicyclic) bond motifs is 1. The fourth-order valence-corrected chi connectivity index (χ4v) is 2.18. The number of aliphatic hydroxyl groups is 1. The molecule has 2 N–H and O–H groups in total. The maximum atomic E-state index is 11.7. The van der Waals surface area contributed by atoms with E-state index in [0.29, 0.717) is 36.5 Å². The summed E-state index contributed by atoms with van der Waals surface area (Å²) in [7, 11) is 0. The van der Waals surface area contributed by atoms with Gasteiger partial charge in [0.15, 0.2) is 0 Å². The molecule has 0 fully saturated rings. The highest BCUT2D eigenvalue weighted by Gasteiger charge is 2.25. The Morgan fingerprint density at radius 2 is 2.47 bits per heavy atom. The molecule has 1 atom stereocenters. The third kappa shape index (κ3) is 3.05. The van der Waals surface area contributed by atoms with Crippen molar-refractivity contribution in [1.29, 1.82) is 0 Å². The van der Waals surface area contributed by atoms with Crippen LogP contribution in [0.2, 0.25) is 0 Å². The lowest BCUT2D eigenvalue weighted by atomic mass is 10.1. The minimum absolute atomic E-state index is 0.0211. The van der Waals surface area contributed by atoms with Crippen LogP contribution < -0.4 is 5.32 Å². The summed E-state index contributed by atoms with van der Waals surface area (Å²) in [6, 6.07) is 1.73. The maximum Gasteiger partial charge on any atom is 0.269 e. The van der Waals surface area contributed by atoms with E-state index in [9.17, 15) is 4.79 Å². The lowest BCUT2D eigenvalue weighted by molar-refractivity contribution is 0.0761. The van der Waals surface area contributed by atoms with Crippen molar-refractivity contribution >= 4 is 21.8 Å². The van der Waals surface area contributed by atoms with E-state index in [0.717, 1.165) is 0 Å². The smallest absolute Gasteiger partial charge is 0.269 e. The van der Waals surface area contributed by atoms with Crippen LogP contribution in [0.4, 0.5) is 0 Å². The average Bonchev–Trinajstić information content (AvgIpc) is 2.66. The standard InChI is InChI=1S/C10H14BrN3O3/c11-9-5-8-10(16)12-7(6-14(8)13-9)1-3-17-4-2-15/h5,7,15H,1-4,6H2,(H,12,16)/t7-/m1/s1. The first-order chi connectivity index (χ1) is 8.20. The fourth-order valence-electron chi connectivity index (χ4n) is 1.78. The lowest BCUT2D eigenvalue weighted by Crippen LogP contribution is -2.44. The van der Waals surface area contributed by atoms with Crippen LogP contribution in [-0.2, 0) is 11.3 Å². The van der Waals surface area contributed by atoms with E-state index in [-0.39, 0.29) is 18.6 Å². The molecule has 0 spiro atoms. The Hall–Kier alpha value is -0.920. The minimum Gasteiger partial charge on any atom is -0.394 e. The van der Waals surface area contributed by atoms with Crippen molar-refractivity contribution in [3.05, 3.63) is 16.4 Å². The number of halogens is 1. The van der Waals surface area contributed by atoms with Crippen molar-refractivity contribution in [1.82, 2.24) is 15.1 Å². The van der Waals surface area contributed by atoms with Crippen LogP contribution in [0.3, 0.4) is 0 Å². The second kappa shape index (κ2) is 5.61. The predicted octanol–water partition coefficient (Wildman–Crippen LogP) is 0.157. The van der Waals surface area contributed by atoms with Crippen LogP contribution in [0.15, 0.2) is 10.7 Å². The monoisotopic (exact) mass is 303 g/mol. The number of aromatic nitrogens is 2. The first kappa shape index (κ1) is 12.5. The number of carbonyl (C=O) groups is 1. The molecule has 2 rings (SSSR count). The molecule has 1 amide bonds. The van der Waals surface area contributed by atoms with Gasteiger partial charge in [0.1, 0.15) is 10.3 Å². The van der Waals surface area contributed by atoms with Crippen LogP contribution >= 0.6 is 15.9 Å². The summed E-state index contributed by atoms with van der Waals surface area (Å²) in [6.45, 7) is 1.52. The first-order valence-electron chi connectivity index (χ1n) is 5.43. The highest BCUT2D eigenvalue weighted by atomic mass is 79.9. The van der Waals surface area contributed by atoms with E-state index in [4.69, 9.17) is 9.84 Å². The minimum atomic E-state index is -0.110. The number of rotatable bonds is 5. The van der Waals surface area contributed by atoms with E-state index in [1.807, 2.05) is 0 Å². The number of nitrogens with one attached hydrogen (secondary N) is 1. The summed E-state index contributed by atoms with van der Waals surface area (Å²) < 4.78 is 7.53. The molecule has 0 saturated heterocycles. The van der Waals surface area contributed by atoms with Gasteiger partial charge in [0.2, 0.25) is 0 Å². The van der Waals surface area contributed by atoms with Gasteiger partial charge >= 0.3 is 0 Å². The van der Waals surface area contributed by atoms with Gasteiger partial charge in [0, 0.05) is 12.7 Å². The highest BCUT2D eigenvalue weighted by Crippen LogP contribution is 2.15. The topological polar surface area (TPSA) is 76.4 Å². The normalized spacial score (nSPS) is 18.9. The van der Waals surface area contributed by atoms with E-state index < -0.39 is 0 Å². The number of hydrogen-bond acceptors (Lipinski definition) is 4. The summed E-state index contributed by atoms with van der Waals surface area (Å²) in [4.78, 5) is 11.7. The van der Waals surface area contributed by atoms with Crippen LogP contribution in [0.25, 0.3) is 0 Å². The highest BCUT2D eigenvalue weighted by molar-refractivity contribution is 9.10. The van der Waals surface area contributed by atoms with Gasteiger partial charge in [-0.25, -0.2) is 0 Å². The van der Waals surface area contributed by atoms with Crippen molar-refractivity contribution in [3.63, 3.8) is 0 Å².